The molecule has 0 aromatic heterocycles. The number of amides is 5. The first kappa shape index (κ1) is 29.3. The van der Waals surface area contributed by atoms with Crippen molar-refractivity contribution in [2.45, 2.75) is 20.8 Å². The lowest BCUT2D eigenvalue weighted by atomic mass is 10.1. The molecule has 5 amide bonds. The van der Waals surface area contributed by atoms with E-state index in [1.54, 1.807) is 36.4 Å². The number of imide groups is 2. The van der Waals surface area contributed by atoms with Gasteiger partial charge < -0.3 is 19.5 Å². The summed E-state index contributed by atoms with van der Waals surface area (Å²) in [5.41, 5.74) is 3.26. The molecule has 0 atom stereocenters. The van der Waals surface area contributed by atoms with E-state index < -0.39 is 17.8 Å². The first-order valence-electron chi connectivity index (χ1n) is 12.6. The summed E-state index contributed by atoms with van der Waals surface area (Å²) >= 11 is 3.42. The van der Waals surface area contributed by atoms with Crippen LogP contribution in [0, 0.1) is 13.8 Å². The Bertz CT molecular complexity index is 1550. The molecule has 0 spiro atoms. The molecule has 2 N–H and O–H groups in total. The van der Waals surface area contributed by atoms with Gasteiger partial charge in [0.1, 0.15) is 11.3 Å². The highest BCUT2D eigenvalue weighted by Crippen LogP contribution is 2.37. The van der Waals surface area contributed by atoms with Crippen LogP contribution in [0.1, 0.15) is 23.6 Å². The van der Waals surface area contributed by atoms with Crippen LogP contribution < -0.4 is 29.7 Å². The van der Waals surface area contributed by atoms with Crippen molar-refractivity contribution in [3.63, 3.8) is 0 Å². The van der Waals surface area contributed by atoms with E-state index in [2.05, 4.69) is 26.6 Å². The third kappa shape index (κ3) is 6.75. The molecule has 1 fully saturated rings. The minimum atomic E-state index is -0.858. The molecule has 3 aromatic carbocycles. The molecule has 0 aliphatic carbocycles. The zero-order chi connectivity index (χ0) is 29.7. The number of carbonyl (C=O) groups is 4. The standard InChI is InChI=1S/C30H28BrN3O7/c1-5-40-22-10-8-21(9-11-22)34-29(37)23(28(36)33-30(34)38)13-19-14-24(31)27(25(15-19)39-4)41-16-26(35)32-20-7-6-17(2)18(3)12-20/h6-15H,5,16H2,1-4H3,(H,32,35)(H,33,36,38)/b23-13+. The Labute approximate surface area is 245 Å². The largest absolute Gasteiger partial charge is 0.494 e. The number of methoxy groups -OCH3 is 1. The lowest BCUT2D eigenvalue weighted by molar-refractivity contribution is -0.122. The van der Waals surface area contributed by atoms with Crippen LogP contribution in [0.3, 0.4) is 0 Å². The highest BCUT2D eigenvalue weighted by molar-refractivity contribution is 9.10. The summed E-state index contributed by atoms with van der Waals surface area (Å²) in [6, 6.07) is 14.3. The average Bonchev–Trinajstić information content (AvgIpc) is 2.93. The highest BCUT2D eigenvalue weighted by Gasteiger charge is 2.37. The Morgan fingerprint density at radius 1 is 1.00 bits per heavy atom. The predicted octanol–water partition coefficient (Wildman–Crippen LogP) is 5.16. The zero-order valence-electron chi connectivity index (χ0n) is 22.9. The molecule has 0 saturated carbocycles. The van der Waals surface area contributed by atoms with Crippen molar-refractivity contribution in [3.05, 3.63) is 81.3 Å². The molecule has 11 heteroatoms. The van der Waals surface area contributed by atoms with Crippen molar-refractivity contribution in [3.8, 4) is 17.2 Å². The van der Waals surface area contributed by atoms with Crippen molar-refractivity contribution < 1.29 is 33.4 Å². The number of nitrogens with one attached hydrogen (secondary N) is 2. The summed E-state index contributed by atoms with van der Waals surface area (Å²) in [6.45, 7) is 5.96. The van der Waals surface area contributed by atoms with Crippen molar-refractivity contribution in [2.24, 2.45) is 0 Å². The van der Waals surface area contributed by atoms with Gasteiger partial charge >= 0.3 is 6.03 Å². The minimum Gasteiger partial charge on any atom is -0.494 e. The first-order chi connectivity index (χ1) is 19.6. The molecule has 1 heterocycles. The normalized spacial score (nSPS) is 14.1. The number of rotatable bonds is 9. The van der Waals surface area contributed by atoms with E-state index >= 15 is 0 Å². The van der Waals surface area contributed by atoms with Crippen LogP contribution >= 0.6 is 15.9 Å². The van der Waals surface area contributed by atoms with Gasteiger partial charge in [-0.05, 0) is 108 Å². The SMILES string of the molecule is CCOc1ccc(N2C(=O)NC(=O)/C(=C\c3cc(Br)c(OCC(=O)Nc4ccc(C)c(C)c4)c(OC)c3)C2=O)cc1. The van der Waals surface area contributed by atoms with E-state index in [4.69, 9.17) is 14.2 Å². The number of urea groups is 1. The number of nitrogens with zero attached hydrogens (tertiary/aromatic N) is 1. The van der Waals surface area contributed by atoms with Crippen LogP contribution in [-0.2, 0) is 14.4 Å². The molecule has 0 bridgehead atoms. The Balaban J connectivity index is 1.53. The molecule has 0 unspecified atom stereocenters. The maximum atomic E-state index is 13.3. The molecule has 1 aliphatic heterocycles. The minimum absolute atomic E-state index is 0.256. The monoisotopic (exact) mass is 621 g/mol. The smallest absolute Gasteiger partial charge is 0.335 e. The Morgan fingerprint density at radius 3 is 2.39 bits per heavy atom. The number of barbiturate groups is 1. The Morgan fingerprint density at radius 2 is 1.73 bits per heavy atom. The molecule has 3 aromatic rings. The van der Waals surface area contributed by atoms with E-state index in [-0.39, 0.29) is 35.3 Å². The maximum Gasteiger partial charge on any atom is 0.335 e. The second-order valence-electron chi connectivity index (χ2n) is 9.05. The van der Waals surface area contributed by atoms with Gasteiger partial charge in [0.15, 0.2) is 18.1 Å². The van der Waals surface area contributed by atoms with Crippen molar-refractivity contribution in [1.82, 2.24) is 5.32 Å². The van der Waals surface area contributed by atoms with E-state index in [0.29, 0.717) is 28.1 Å². The van der Waals surface area contributed by atoms with Crippen LogP contribution in [0.25, 0.3) is 6.08 Å². The fourth-order valence-corrected chi connectivity index (χ4v) is 4.61. The van der Waals surface area contributed by atoms with Gasteiger partial charge in [-0.1, -0.05) is 6.07 Å². The van der Waals surface area contributed by atoms with Crippen molar-refractivity contribution >= 4 is 57.1 Å². The van der Waals surface area contributed by atoms with E-state index in [1.165, 1.54) is 13.2 Å². The summed E-state index contributed by atoms with van der Waals surface area (Å²) in [6.07, 6.45) is 1.34. The lowest BCUT2D eigenvalue weighted by Gasteiger charge is -2.26. The second kappa shape index (κ2) is 12.7. The highest BCUT2D eigenvalue weighted by atomic mass is 79.9. The van der Waals surface area contributed by atoms with Crippen LogP contribution in [0.2, 0.25) is 0 Å². The third-order valence-corrected chi connectivity index (χ3v) is 6.80. The van der Waals surface area contributed by atoms with Gasteiger partial charge in [-0.25, -0.2) is 9.69 Å². The lowest BCUT2D eigenvalue weighted by Crippen LogP contribution is -2.54. The summed E-state index contributed by atoms with van der Waals surface area (Å²) < 4.78 is 17.0. The summed E-state index contributed by atoms with van der Waals surface area (Å²) in [5, 5.41) is 4.99. The number of anilines is 2. The predicted molar refractivity (Wildman–Crippen MR) is 157 cm³/mol. The van der Waals surface area contributed by atoms with Gasteiger partial charge in [0, 0.05) is 5.69 Å². The number of hydrogen-bond donors (Lipinski definition) is 2. The number of ether oxygens (including phenoxy) is 3. The molecular formula is C30H28BrN3O7. The van der Waals surface area contributed by atoms with Gasteiger partial charge in [-0.3, -0.25) is 19.7 Å². The summed E-state index contributed by atoms with van der Waals surface area (Å²) in [5.74, 6) is -0.891. The Hall–Kier alpha value is -4.64. The quantitative estimate of drug-likeness (QED) is 0.250. The molecule has 1 saturated heterocycles. The van der Waals surface area contributed by atoms with Gasteiger partial charge in [0.05, 0.1) is 23.9 Å². The number of carbonyl (C=O) groups excluding carboxylic acids is 4. The fraction of sp³-hybridized carbons (Fsp3) is 0.200. The topological polar surface area (TPSA) is 123 Å². The van der Waals surface area contributed by atoms with Crippen LogP contribution in [0.15, 0.2) is 64.6 Å². The van der Waals surface area contributed by atoms with E-state index in [9.17, 15) is 19.2 Å². The average molecular weight is 622 g/mol. The number of hydrogen-bond acceptors (Lipinski definition) is 7. The van der Waals surface area contributed by atoms with Crippen molar-refractivity contribution in [2.75, 3.05) is 30.5 Å². The van der Waals surface area contributed by atoms with Gasteiger partial charge in [-0.2, -0.15) is 0 Å². The van der Waals surface area contributed by atoms with Gasteiger partial charge in [-0.15, -0.1) is 0 Å². The zero-order valence-corrected chi connectivity index (χ0v) is 24.5. The van der Waals surface area contributed by atoms with E-state index in [1.807, 2.05) is 39.0 Å². The molecule has 41 heavy (non-hydrogen) atoms. The van der Waals surface area contributed by atoms with Crippen LogP contribution in [0.5, 0.6) is 17.2 Å². The number of benzene rings is 3. The Kier molecular flexibility index (Phi) is 9.08. The van der Waals surface area contributed by atoms with Crippen LogP contribution in [0.4, 0.5) is 16.2 Å². The molecule has 1 aliphatic rings. The van der Waals surface area contributed by atoms with Gasteiger partial charge in [0.2, 0.25) is 0 Å². The molecule has 212 valence electrons. The van der Waals surface area contributed by atoms with Gasteiger partial charge in [0.25, 0.3) is 17.7 Å². The first-order valence-corrected chi connectivity index (χ1v) is 13.4. The molecule has 0 radical (unpaired) electrons. The molecular weight excluding hydrogens is 594 g/mol. The molecule has 10 nitrogen and oxygen atoms in total. The van der Waals surface area contributed by atoms with E-state index in [0.717, 1.165) is 16.0 Å². The third-order valence-electron chi connectivity index (χ3n) is 6.21. The number of halogens is 1. The maximum absolute atomic E-state index is 13.3. The fourth-order valence-electron chi connectivity index (χ4n) is 4.03. The number of aryl methyl sites for hydroxylation is 2. The van der Waals surface area contributed by atoms with Crippen LogP contribution in [-0.4, -0.2) is 44.1 Å². The molecule has 4 rings (SSSR count). The van der Waals surface area contributed by atoms with Crippen molar-refractivity contribution in [1.29, 1.82) is 0 Å². The second-order valence-corrected chi connectivity index (χ2v) is 9.91. The summed E-state index contributed by atoms with van der Waals surface area (Å²) in [4.78, 5) is 51.8. The summed E-state index contributed by atoms with van der Waals surface area (Å²) in [7, 11) is 1.42.